The van der Waals surface area contributed by atoms with Gasteiger partial charge in [-0.3, -0.25) is 0 Å². The van der Waals surface area contributed by atoms with Crippen molar-refractivity contribution in [2.24, 2.45) is 0 Å². The second-order valence-corrected chi connectivity index (χ2v) is 9.05. The molecule has 26 heavy (non-hydrogen) atoms. The summed E-state index contributed by atoms with van der Waals surface area (Å²) in [5.74, 6) is 2.44. The van der Waals surface area contributed by atoms with Crippen molar-refractivity contribution in [2.75, 3.05) is 41.4 Å². The Morgan fingerprint density at radius 1 is 1.42 bits per heavy atom. The van der Waals surface area contributed by atoms with Crippen LogP contribution in [0.15, 0.2) is 22.9 Å². The second-order valence-electron chi connectivity index (χ2n) is 6.90. The molecule has 0 amide bonds. The molecule has 0 bridgehead atoms. The topological polar surface area (TPSA) is 104 Å². The van der Waals surface area contributed by atoms with Gasteiger partial charge in [0.05, 0.1) is 24.1 Å². The summed E-state index contributed by atoms with van der Waals surface area (Å²) in [6.07, 6.45) is 1.71. The molecule has 2 saturated heterocycles. The smallest absolute Gasteiger partial charge is 0.227 e. The third-order valence-corrected chi connectivity index (χ3v) is 6.54. The van der Waals surface area contributed by atoms with E-state index in [9.17, 15) is 8.42 Å². The minimum atomic E-state index is -3.01. The van der Waals surface area contributed by atoms with Crippen molar-refractivity contribution in [1.29, 1.82) is 0 Å². The van der Waals surface area contributed by atoms with Gasteiger partial charge in [0.2, 0.25) is 5.95 Å². The number of nitrogens with one attached hydrogen (secondary N) is 1. The van der Waals surface area contributed by atoms with Crippen molar-refractivity contribution in [2.45, 2.75) is 25.6 Å². The van der Waals surface area contributed by atoms with Gasteiger partial charge in [-0.1, -0.05) is 5.16 Å². The van der Waals surface area contributed by atoms with Crippen LogP contribution in [0.5, 0.6) is 0 Å². The molecule has 0 aromatic carbocycles. The van der Waals surface area contributed by atoms with Gasteiger partial charge in [-0.25, -0.2) is 13.4 Å². The molecule has 140 valence electrons. The summed E-state index contributed by atoms with van der Waals surface area (Å²) in [5, 5.41) is 7.31. The van der Waals surface area contributed by atoms with Crippen LogP contribution in [0.2, 0.25) is 0 Å². The van der Waals surface area contributed by atoms with E-state index in [2.05, 4.69) is 25.3 Å². The summed E-state index contributed by atoms with van der Waals surface area (Å²) >= 11 is 0. The average molecular weight is 378 g/mol. The number of sulfone groups is 1. The Balaban J connectivity index is 1.55. The molecule has 2 atom stereocenters. The molecule has 9 nitrogen and oxygen atoms in total. The second kappa shape index (κ2) is 6.51. The highest BCUT2D eigenvalue weighted by Crippen LogP contribution is 2.26. The first-order valence-corrected chi connectivity index (χ1v) is 10.4. The summed E-state index contributed by atoms with van der Waals surface area (Å²) in [4.78, 5) is 13.0. The number of aryl methyl sites for hydroxylation is 1. The van der Waals surface area contributed by atoms with E-state index >= 15 is 0 Å². The highest BCUT2D eigenvalue weighted by atomic mass is 32.2. The average Bonchev–Trinajstić information content (AvgIpc) is 3.15. The number of hydrogen-bond donors (Lipinski definition) is 1. The van der Waals surface area contributed by atoms with Crippen LogP contribution in [-0.4, -0.2) is 67.3 Å². The lowest BCUT2D eigenvalue weighted by atomic mass is 10.1. The Kier molecular flexibility index (Phi) is 4.31. The molecule has 0 spiro atoms. The molecule has 2 aromatic rings. The highest BCUT2D eigenvalue weighted by Gasteiger charge is 2.43. The van der Waals surface area contributed by atoms with Crippen LogP contribution in [0.25, 0.3) is 0 Å². The van der Waals surface area contributed by atoms with Gasteiger partial charge in [0.1, 0.15) is 17.3 Å². The van der Waals surface area contributed by atoms with E-state index in [1.807, 2.05) is 31.0 Å². The molecule has 10 heteroatoms. The normalized spacial score (nSPS) is 24.5. The molecule has 2 aliphatic heterocycles. The minimum absolute atomic E-state index is 0.0389. The molecule has 4 rings (SSSR count). The van der Waals surface area contributed by atoms with E-state index in [0.717, 1.165) is 30.4 Å². The molecular weight excluding hydrogens is 356 g/mol. The summed E-state index contributed by atoms with van der Waals surface area (Å²) in [6.45, 7) is 3.84. The maximum absolute atomic E-state index is 12.0. The molecule has 0 unspecified atom stereocenters. The van der Waals surface area contributed by atoms with Gasteiger partial charge < -0.3 is 19.6 Å². The fraction of sp³-hybridized carbons (Fsp3) is 0.562. The quantitative estimate of drug-likeness (QED) is 0.786. The number of piperazine rings is 1. The highest BCUT2D eigenvalue weighted by molar-refractivity contribution is 7.91. The van der Waals surface area contributed by atoms with Crippen molar-refractivity contribution >= 4 is 21.6 Å². The number of fused-ring (bicyclic) bond motifs is 1. The number of aromatic nitrogens is 3. The Bertz CT molecular complexity index is 899. The zero-order valence-corrected chi connectivity index (χ0v) is 15.6. The third kappa shape index (κ3) is 3.38. The van der Waals surface area contributed by atoms with E-state index in [0.29, 0.717) is 12.5 Å². The fourth-order valence-corrected chi connectivity index (χ4v) is 5.60. The van der Waals surface area contributed by atoms with Gasteiger partial charge in [0.25, 0.3) is 0 Å². The lowest BCUT2D eigenvalue weighted by Crippen LogP contribution is -2.57. The molecule has 0 aliphatic carbocycles. The van der Waals surface area contributed by atoms with E-state index in [1.54, 1.807) is 6.20 Å². The molecule has 4 heterocycles. The molecule has 2 aromatic heterocycles. The van der Waals surface area contributed by atoms with Crippen molar-refractivity contribution in [1.82, 2.24) is 20.4 Å². The van der Waals surface area contributed by atoms with Gasteiger partial charge >= 0.3 is 0 Å². The third-order valence-electron chi connectivity index (χ3n) is 4.82. The maximum atomic E-state index is 12.0. The van der Waals surface area contributed by atoms with Crippen LogP contribution >= 0.6 is 0 Å². The summed E-state index contributed by atoms with van der Waals surface area (Å²) in [7, 11) is -1.12. The van der Waals surface area contributed by atoms with Gasteiger partial charge in [-0.05, 0) is 13.0 Å². The molecule has 0 radical (unpaired) electrons. The fourth-order valence-electron chi connectivity index (χ4n) is 3.64. The van der Waals surface area contributed by atoms with Crippen LogP contribution in [0.1, 0.15) is 11.5 Å². The van der Waals surface area contributed by atoms with Crippen LogP contribution < -0.4 is 15.1 Å². The predicted molar refractivity (Wildman–Crippen MR) is 97.0 cm³/mol. The van der Waals surface area contributed by atoms with Crippen molar-refractivity contribution in [3.05, 3.63) is 29.8 Å². The molecule has 0 saturated carbocycles. The molecule has 2 fully saturated rings. The maximum Gasteiger partial charge on any atom is 0.227 e. The SMILES string of the molecule is Cc1cc(CN(C)c2nccc(N3CCN[C@H]4CS(=O)(=O)C[C@H]43)n2)no1. The number of rotatable bonds is 4. The van der Waals surface area contributed by atoms with Gasteiger partial charge in [-0.15, -0.1) is 0 Å². The van der Waals surface area contributed by atoms with Gasteiger partial charge in [0, 0.05) is 38.4 Å². The predicted octanol–water partition coefficient (Wildman–Crippen LogP) is -0.0154. The molecule has 2 aliphatic rings. The van der Waals surface area contributed by atoms with Crippen molar-refractivity contribution in [3.8, 4) is 0 Å². The number of hydrogen-bond acceptors (Lipinski definition) is 9. The largest absolute Gasteiger partial charge is 0.361 e. The Hall–Kier alpha value is -2.20. The standard InChI is InChI=1S/C16H22N6O3S/c1-11-7-12(20-25-11)8-21(2)16-18-4-3-15(19-16)22-6-5-17-13-9-26(23,24)10-14(13)22/h3-4,7,13-14,17H,5-6,8-10H2,1-2H3/t13-,14+/m0/s1. The zero-order chi connectivity index (χ0) is 18.3. The van der Waals surface area contributed by atoms with Crippen LogP contribution in [0.3, 0.4) is 0 Å². The number of nitrogens with zero attached hydrogens (tertiary/aromatic N) is 5. The summed E-state index contributed by atoms with van der Waals surface area (Å²) < 4.78 is 29.2. The van der Waals surface area contributed by atoms with Gasteiger partial charge in [0.15, 0.2) is 9.84 Å². The first kappa shape index (κ1) is 17.2. The molecular formula is C16H22N6O3S. The van der Waals surface area contributed by atoms with E-state index in [-0.39, 0.29) is 23.6 Å². The lowest BCUT2D eigenvalue weighted by molar-refractivity contribution is 0.390. The van der Waals surface area contributed by atoms with Crippen molar-refractivity contribution in [3.63, 3.8) is 0 Å². The first-order chi connectivity index (χ1) is 12.4. The lowest BCUT2D eigenvalue weighted by Gasteiger charge is -2.38. The number of anilines is 2. The molecule has 1 N–H and O–H groups in total. The summed E-state index contributed by atoms with van der Waals surface area (Å²) in [6, 6.07) is 3.60. The van der Waals surface area contributed by atoms with Crippen LogP contribution in [0, 0.1) is 6.92 Å². The van der Waals surface area contributed by atoms with Crippen LogP contribution in [0.4, 0.5) is 11.8 Å². The van der Waals surface area contributed by atoms with E-state index in [1.165, 1.54) is 0 Å². The first-order valence-electron chi connectivity index (χ1n) is 8.58. The Morgan fingerprint density at radius 3 is 3.04 bits per heavy atom. The summed E-state index contributed by atoms with van der Waals surface area (Å²) in [5.41, 5.74) is 0.808. The zero-order valence-electron chi connectivity index (χ0n) is 14.8. The van der Waals surface area contributed by atoms with E-state index < -0.39 is 9.84 Å². The van der Waals surface area contributed by atoms with Crippen LogP contribution in [-0.2, 0) is 16.4 Å². The Morgan fingerprint density at radius 2 is 2.27 bits per heavy atom. The van der Waals surface area contributed by atoms with Gasteiger partial charge in [-0.2, -0.15) is 4.98 Å². The van der Waals surface area contributed by atoms with E-state index in [4.69, 9.17) is 4.52 Å². The minimum Gasteiger partial charge on any atom is -0.361 e. The van der Waals surface area contributed by atoms with Crippen molar-refractivity contribution < 1.29 is 12.9 Å². The monoisotopic (exact) mass is 378 g/mol. The Labute approximate surface area is 152 Å².